The van der Waals surface area contributed by atoms with Crippen molar-refractivity contribution in [3.05, 3.63) is 65.2 Å². The molecule has 2 rings (SSSR count). The van der Waals surface area contributed by atoms with Gasteiger partial charge in [0.25, 0.3) is 0 Å². The Morgan fingerprint density at radius 3 is 2.22 bits per heavy atom. The third-order valence-electron chi connectivity index (χ3n) is 3.81. The number of hydrogen-bond acceptors (Lipinski definition) is 2. The smallest absolute Gasteiger partial charge is 0.233 e. The summed E-state index contributed by atoms with van der Waals surface area (Å²) >= 11 is 0. The summed E-state index contributed by atoms with van der Waals surface area (Å²) in [5.41, 5.74) is 4.03. The number of aryl methyl sites for hydroxylation is 2. The van der Waals surface area contributed by atoms with E-state index in [1.165, 1.54) is 5.56 Å². The van der Waals surface area contributed by atoms with E-state index in [-0.39, 0.29) is 11.2 Å². The van der Waals surface area contributed by atoms with Gasteiger partial charge in [0, 0.05) is 5.69 Å². The van der Waals surface area contributed by atoms with Crippen molar-refractivity contribution in [1.82, 2.24) is 0 Å². The van der Waals surface area contributed by atoms with Crippen molar-refractivity contribution >= 4 is 15.7 Å². The van der Waals surface area contributed by atoms with Crippen LogP contribution in [-0.4, -0.2) is 14.2 Å². The minimum Gasteiger partial charge on any atom is -0.284 e. The third-order valence-corrected chi connectivity index (χ3v) is 5.10. The molecular weight excluding hydrogens is 306 g/mol. The molecule has 0 aliphatic carbocycles. The number of benzene rings is 2. The molecule has 0 saturated carbocycles. The number of sulfonamides is 1. The van der Waals surface area contributed by atoms with E-state index in [1.54, 1.807) is 0 Å². The van der Waals surface area contributed by atoms with Gasteiger partial charge in [0.15, 0.2) is 0 Å². The fraction of sp³-hybridized carbons (Fsp3) is 0.368. The van der Waals surface area contributed by atoms with Gasteiger partial charge in [-0.25, -0.2) is 8.42 Å². The number of hydrogen-bond donors (Lipinski definition) is 1. The molecule has 0 aliphatic heterocycles. The fourth-order valence-corrected chi connectivity index (χ4v) is 3.79. The van der Waals surface area contributed by atoms with Crippen molar-refractivity contribution in [1.29, 1.82) is 0 Å². The molecule has 3 nitrogen and oxygen atoms in total. The molecule has 0 spiro atoms. The van der Waals surface area contributed by atoms with Crippen LogP contribution >= 0.6 is 0 Å². The lowest BCUT2D eigenvalue weighted by Crippen LogP contribution is -2.19. The van der Waals surface area contributed by atoms with Crippen LogP contribution in [-0.2, 0) is 21.9 Å². The second-order valence-electron chi connectivity index (χ2n) is 6.94. The summed E-state index contributed by atoms with van der Waals surface area (Å²) in [6.45, 7) is 8.47. The predicted molar refractivity (Wildman–Crippen MR) is 97.4 cm³/mol. The minimum atomic E-state index is -3.35. The number of anilines is 1. The Morgan fingerprint density at radius 2 is 1.65 bits per heavy atom. The average molecular weight is 331 g/mol. The van der Waals surface area contributed by atoms with Gasteiger partial charge in [-0.1, -0.05) is 57.2 Å². The molecule has 0 atom stereocenters. The van der Waals surface area contributed by atoms with Gasteiger partial charge < -0.3 is 0 Å². The molecule has 0 aromatic heterocycles. The number of rotatable bonds is 5. The Labute approximate surface area is 139 Å². The molecule has 2 aromatic rings. The first-order valence-corrected chi connectivity index (χ1v) is 9.48. The molecule has 0 amide bonds. The van der Waals surface area contributed by atoms with Crippen LogP contribution in [0, 0.1) is 6.92 Å². The van der Waals surface area contributed by atoms with Crippen LogP contribution < -0.4 is 4.72 Å². The average Bonchev–Trinajstić information content (AvgIpc) is 2.44. The van der Waals surface area contributed by atoms with E-state index in [9.17, 15) is 8.42 Å². The first kappa shape index (κ1) is 17.5. The Balaban J connectivity index is 2.07. The second-order valence-corrected chi connectivity index (χ2v) is 8.78. The van der Waals surface area contributed by atoms with Crippen molar-refractivity contribution in [3.8, 4) is 0 Å². The summed E-state index contributed by atoms with van der Waals surface area (Å²) in [6.07, 6.45) is 0.509. The molecule has 0 fully saturated rings. The largest absolute Gasteiger partial charge is 0.284 e. The zero-order valence-corrected chi connectivity index (χ0v) is 15.1. The maximum absolute atomic E-state index is 12.3. The Hall–Kier alpha value is -1.81. The summed E-state index contributed by atoms with van der Waals surface area (Å²) in [4.78, 5) is 0. The van der Waals surface area contributed by atoms with E-state index < -0.39 is 10.0 Å². The van der Waals surface area contributed by atoms with Gasteiger partial charge >= 0.3 is 0 Å². The highest BCUT2D eigenvalue weighted by Gasteiger charge is 2.17. The molecule has 1 N–H and O–H groups in total. The monoisotopic (exact) mass is 331 g/mol. The van der Waals surface area contributed by atoms with E-state index in [2.05, 4.69) is 25.5 Å². The Bertz CT molecular complexity index is 760. The quantitative estimate of drug-likeness (QED) is 0.889. The van der Waals surface area contributed by atoms with Crippen LogP contribution in [0.25, 0.3) is 0 Å². The molecule has 0 radical (unpaired) electrons. The zero-order chi connectivity index (χ0) is 17.1. The molecule has 4 heteroatoms. The van der Waals surface area contributed by atoms with Gasteiger partial charge in [-0.3, -0.25) is 4.72 Å². The van der Waals surface area contributed by atoms with E-state index in [1.807, 2.05) is 55.5 Å². The topological polar surface area (TPSA) is 46.2 Å². The maximum Gasteiger partial charge on any atom is 0.233 e. The second kappa shape index (κ2) is 6.75. The van der Waals surface area contributed by atoms with Crippen molar-refractivity contribution in [2.75, 3.05) is 10.5 Å². The summed E-state index contributed by atoms with van der Waals surface area (Å²) in [5.74, 6) is 0.0804. The predicted octanol–water partition coefficient (Wildman–Crippen LogP) is 4.28. The Kier molecular flexibility index (Phi) is 5.15. The minimum absolute atomic E-state index is 0.0504. The van der Waals surface area contributed by atoms with Crippen LogP contribution in [0.5, 0.6) is 0 Å². The van der Waals surface area contributed by atoms with Crippen LogP contribution in [0.4, 0.5) is 5.69 Å². The normalized spacial score (nSPS) is 12.2. The van der Waals surface area contributed by atoms with Crippen molar-refractivity contribution in [2.24, 2.45) is 0 Å². The van der Waals surface area contributed by atoms with E-state index in [4.69, 9.17) is 0 Å². The lowest BCUT2D eigenvalue weighted by atomic mass is 9.84. The summed E-state index contributed by atoms with van der Waals surface area (Å²) in [5, 5.41) is 0. The Morgan fingerprint density at radius 1 is 1.00 bits per heavy atom. The molecule has 0 bridgehead atoms. The maximum atomic E-state index is 12.3. The molecule has 0 aliphatic rings. The lowest BCUT2D eigenvalue weighted by Gasteiger charge is -2.22. The summed E-state index contributed by atoms with van der Waals surface area (Å²) in [6, 6.07) is 15.4. The lowest BCUT2D eigenvalue weighted by molar-refractivity contribution is 0.586. The fourth-order valence-electron chi connectivity index (χ4n) is 2.70. The van der Waals surface area contributed by atoms with Gasteiger partial charge in [-0.2, -0.15) is 0 Å². The molecule has 0 unspecified atom stereocenters. The summed E-state index contributed by atoms with van der Waals surface area (Å²) < 4.78 is 27.2. The highest BCUT2D eigenvalue weighted by atomic mass is 32.2. The standard InChI is InChI=1S/C19H25NO2S/c1-15-14-17(10-11-18(15)19(2,3)4)20-23(21,22)13-12-16-8-6-5-7-9-16/h5-11,14,20H,12-13H2,1-4H3. The zero-order valence-electron chi connectivity index (χ0n) is 14.3. The molecule has 124 valence electrons. The molecule has 0 saturated heterocycles. The van der Waals surface area contributed by atoms with Gasteiger partial charge in [-0.05, 0) is 47.6 Å². The van der Waals surface area contributed by atoms with Gasteiger partial charge in [-0.15, -0.1) is 0 Å². The van der Waals surface area contributed by atoms with Gasteiger partial charge in [0.05, 0.1) is 5.75 Å². The van der Waals surface area contributed by atoms with Crippen LogP contribution in [0.3, 0.4) is 0 Å². The van der Waals surface area contributed by atoms with Crippen LogP contribution in [0.1, 0.15) is 37.5 Å². The molecule has 23 heavy (non-hydrogen) atoms. The highest BCUT2D eigenvalue weighted by Crippen LogP contribution is 2.27. The van der Waals surface area contributed by atoms with Crippen LogP contribution in [0.2, 0.25) is 0 Å². The van der Waals surface area contributed by atoms with Gasteiger partial charge in [0.2, 0.25) is 10.0 Å². The van der Waals surface area contributed by atoms with E-state index in [0.717, 1.165) is 11.1 Å². The summed E-state index contributed by atoms with van der Waals surface area (Å²) in [7, 11) is -3.35. The van der Waals surface area contributed by atoms with E-state index >= 15 is 0 Å². The van der Waals surface area contributed by atoms with Crippen molar-refractivity contribution in [3.63, 3.8) is 0 Å². The first-order chi connectivity index (χ1) is 10.7. The SMILES string of the molecule is Cc1cc(NS(=O)(=O)CCc2ccccc2)ccc1C(C)(C)C. The highest BCUT2D eigenvalue weighted by molar-refractivity contribution is 7.92. The van der Waals surface area contributed by atoms with E-state index in [0.29, 0.717) is 12.1 Å². The number of nitrogens with one attached hydrogen (secondary N) is 1. The van der Waals surface area contributed by atoms with Crippen molar-refractivity contribution < 1.29 is 8.42 Å². The molecule has 2 aromatic carbocycles. The van der Waals surface area contributed by atoms with Gasteiger partial charge in [0.1, 0.15) is 0 Å². The first-order valence-electron chi connectivity index (χ1n) is 7.83. The van der Waals surface area contributed by atoms with Crippen LogP contribution in [0.15, 0.2) is 48.5 Å². The van der Waals surface area contributed by atoms with Crippen molar-refractivity contribution in [2.45, 2.75) is 39.5 Å². The molecule has 0 heterocycles. The molecular formula is C19H25NO2S. The third kappa shape index (κ3) is 5.10.